The van der Waals surface area contributed by atoms with Crippen LogP contribution in [0.3, 0.4) is 0 Å². The minimum atomic E-state index is -0.477. The second-order valence-electron chi connectivity index (χ2n) is 8.54. The number of aliphatic hydroxyl groups excluding tert-OH is 1. The maximum absolute atomic E-state index is 14.8. The number of aliphatic hydroxyl groups is 1. The van der Waals surface area contributed by atoms with E-state index < -0.39 is 6.09 Å². The smallest absolute Gasteiger partial charge is 0.414 e. The number of carbonyl (C=O) groups excluding carboxylic acids is 1. The Morgan fingerprint density at radius 1 is 1.27 bits per heavy atom. The lowest BCUT2D eigenvalue weighted by Gasteiger charge is -2.29. The molecular weight excluding hydrogens is 429 g/mol. The molecule has 33 heavy (non-hydrogen) atoms. The Labute approximate surface area is 193 Å². The number of rotatable bonds is 9. The van der Waals surface area contributed by atoms with Gasteiger partial charge in [0.2, 0.25) is 0 Å². The lowest BCUT2D eigenvalue weighted by Crippen LogP contribution is -2.36. The van der Waals surface area contributed by atoms with Crippen molar-refractivity contribution in [2.75, 3.05) is 75.9 Å². The molecule has 0 unspecified atom stereocenters. The Morgan fingerprint density at radius 3 is 2.85 bits per heavy atom. The van der Waals surface area contributed by atoms with E-state index in [1.54, 1.807) is 17.1 Å². The number of nitrogens with zero attached hydrogens (tertiary/aromatic N) is 5. The molecule has 180 valence electrons. The first-order valence-electron chi connectivity index (χ1n) is 11.4. The summed E-state index contributed by atoms with van der Waals surface area (Å²) in [6.07, 6.45) is 4.67. The number of carbonyl (C=O) groups is 1. The number of anilines is 2. The Hall–Kier alpha value is -2.69. The van der Waals surface area contributed by atoms with Crippen molar-refractivity contribution in [2.24, 2.45) is 5.10 Å². The van der Waals surface area contributed by atoms with Crippen LogP contribution in [0.2, 0.25) is 0 Å². The van der Waals surface area contributed by atoms with E-state index >= 15 is 0 Å². The van der Waals surface area contributed by atoms with Crippen LogP contribution in [0.25, 0.3) is 0 Å². The topological polar surface area (TPSA) is 81.1 Å². The van der Waals surface area contributed by atoms with Crippen LogP contribution in [0.1, 0.15) is 12.8 Å². The van der Waals surface area contributed by atoms with Crippen LogP contribution < -0.4 is 9.80 Å². The molecule has 1 amide bonds. The molecule has 10 heteroatoms. The Balaban J connectivity index is 1.34. The van der Waals surface area contributed by atoms with E-state index in [4.69, 9.17) is 14.6 Å². The fourth-order valence-corrected chi connectivity index (χ4v) is 4.20. The molecule has 0 aromatic heterocycles. The molecule has 1 atom stereocenters. The molecule has 3 aliphatic heterocycles. The minimum Gasteiger partial charge on any atom is -0.442 e. The van der Waals surface area contributed by atoms with E-state index in [2.05, 4.69) is 10.0 Å². The molecular formula is C23H32FN5O4. The van der Waals surface area contributed by atoms with Gasteiger partial charge in [-0.2, -0.15) is 5.10 Å². The van der Waals surface area contributed by atoms with Gasteiger partial charge in [0, 0.05) is 45.0 Å². The van der Waals surface area contributed by atoms with Gasteiger partial charge >= 0.3 is 6.09 Å². The van der Waals surface area contributed by atoms with Gasteiger partial charge in [0.1, 0.15) is 11.9 Å². The number of hydrogen-bond donors (Lipinski definition) is 1. The summed E-state index contributed by atoms with van der Waals surface area (Å²) in [5.41, 5.74) is 2.25. The van der Waals surface area contributed by atoms with E-state index in [9.17, 15) is 9.18 Å². The number of likely N-dealkylation sites (N-methyl/N-ethyl adjacent to an activating group) is 1. The normalized spacial score (nSPS) is 21.1. The second-order valence-corrected chi connectivity index (χ2v) is 8.54. The van der Waals surface area contributed by atoms with Crippen LogP contribution in [-0.4, -0.2) is 99.6 Å². The molecule has 1 aromatic rings. The first-order valence-corrected chi connectivity index (χ1v) is 11.4. The summed E-state index contributed by atoms with van der Waals surface area (Å²) < 4.78 is 25.7. The van der Waals surface area contributed by atoms with Gasteiger partial charge in [0.15, 0.2) is 0 Å². The Kier molecular flexibility index (Phi) is 7.79. The number of cyclic esters (lactones) is 1. The van der Waals surface area contributed by atoms with Crippen molar-refractivity contribution >= 4 is 23.7 Å². The molecule has 0 saturated carbocycles. The van der Waals surface area contributed by atoms with Gasteiger partial charge in [-0.05, 0) is 37.2 Å². The van der Waals surface area contributed by atoms with E-state index in [0.717, 1.165) is 19.4 Å². The highest BCUT2D eigenvalue weighted by Crippen LogP contribution is 2.29. The van der Waals surface area contributed by atoms with Gasteiger partial charge in [0.05, 0.1) is 44.3 Å². The molecule has 3 heterocycles. The molecule has 1 N–H and O–H groups in total. The van der Waals surface area contributed by atoms with Crippen LogP contribution in [0.4, 0.5) is 20.6 Å². The molecule has 9 nitrogen and oxygen atoms in total. The highest BCUT2D eigenvalue weighted by atomic mass is 19.1. The zero-order valence-electron chi connectivity index (χ0n) is 19.0. The predicted octanol–water partition coefficient (Wildman–Crippen LogP) is 1.88. The summed E-state index contributed by atoms with van der Waals surface area (Å²) in [4.78, 5) is 18.0. The first-order chi connectivity index (χ1) is 16.0. The van der Waals surface area contributed by atoms with Gasteiger partial charge in [0.25, 0.3) is 0 Å². The lowest BCUT2D eigenvalue weighted by molar-refractivity contribution is 0.122. The number of halogens is 1. The van der Waals surface area contributed by atoms with Crippen LogP contribution in [-0.2, 0) is 9.47 Å². The molecule has 3 aliphatic rings. The maximum atomic E-state index is 14.8. The van der Waals surface area contributed by atoms with E-state index in [0.29, 0.717) is 57.3 Å². The van der Waals surface area contributed by atoms with Crippen molar-refractivity contribution in [1.82, 2.24) is 9.91 Å². The van der Waals surface area contributed by atoms with E-state index in [-0.39, 0.29) is 18.5 Å². The van der Waals surface area contributed by atoms with Crippen molar-refractivity contribution < 1.29 is 23.8 Å². The van der Waals surface area contributed by atoms with Crippen molar-refractivity contribution in [3.8, 4) is 0 Å². The van der Waals surface area contributed by atoms with Crippen molar-refractivity contribution in [2.45, 2.75) is 18.9 Å². The average Bonchev–Trinajstić information content (AvgIpc) is 3.18. The summed E-state index contributed by atoms with van der Waals surface area (Å²) in [7, 11) is 1.98. The monoisotopic (exact) mass is 461 g/mol. The summed E-state index contributed by atoms with van der Waals surface area (Å²) in [5.74, 6) is -0.356. The van der Waals surface area contributed by atoms with Crippen molar-refractivity contribution in [3.63, 3.8) is 0 Å². The summed E-state index contributed by atoms with van der Waals surface area (Å²) in [6, 6.07) is 4.88. The quantitative estimate of drug-likeness (QED) is 0.601. The maximum Gasteiger partial charge on any atom is 0.414 e. The third kappa shape index (κ3) is 6.01. The fraction of sp³-hybridized carbons (Fsp3) is 0.565. The van der Waals surface area contributed by atoms with E-state index in [1.807, 2.05) is 24.4 Å². The fourth-order valence-electron chi connectivity index (χ4n) is 4.20. The van der Waals surface area contributed by atoms with Crippen LogP contribution in [0.15, 0.2) is 35.1 Å². The second kappa shape index (κ2) is 11.0. The highest BCUT2D eigenvalue weighted by molar-refractivity contribution is 5.90. The zero-order chi connectivity index (χ0) is 23.2. The molecule has 2 fully saturated rings. The van der Waals surface area contributed by atoms with Gasteiger partial charge in [-0.15, -0.1) is 0 Å². The highest BCUT2D eigenvalue weighted by Gasteiger charge is 2.34. The number of benzene rings is 1. The van der Waals surface area contributed by atoms with Crippen LogP contribution >= 0.6 is 0 Å². The van der Waals surface area contributed by atoms with Crippen LogP contribution in [0.5, 0.6) is 0 Å². The molecule has 2 saturated heterocycles. The minimum absolute atomic E-state index is 0.145. The Bertz CT molecular complexity index is 890. The third-order valence-corrected chi connectivity index (χ3v) is 6.07. The molecule has 0 bridgehead atoms. The zero-order valence-corrected chi connectivity index (χ0v) is 19.0. The van der Waals surface area contributed by atoms with E-state index in [1.165, 1.54) is 16.5 Å². The predicted molar refractivity (Wildman–Crippen MR) is 124 cm³/mol. The number of amides is 1. The molecule has 0 spiro atoms. The summed E-state index contributed by atoms with van der Waals surface area (Å²) in [5, 5.41) is 15.2. The van der Waals surface area contributed by atoms with Gasteiger partial charge < -0.3 is 24.4 Å². The van der Waals surface area contributed by atoms with Gasteiger partial charge in [-0.25, -0.2) is 9.18 Å². The SMILES string of the molecule is CN(CCO)CCC1=CN(C[C@H]2CN(c3ccc(N4CCOCC4)c(F)c3)C(=O)O2)N=CC1. The summed E-state index contributed by atoms with van der Waals surface area (Å²) in [6.45, 7) is 4.87. The summed E-state index contributed by atoms with van der Waals surface area (Å²) >= 11 is 0. The molecule has 4 rings (SSSR count). The first kappa shape index (κ1) is 23.5. The standard InChI is InChI=1S/C23H32FN5O4/c1-26(8-11-30)7-5-18-4-6-25-28(15-18)16-20-17-29(23(31)33-20)19-2-3-22(21(24)14-19)27-9-12-32-13-10-27/h2-3,6,14-15,20,30H,4-5,7-13,16-17H2,1H3/t20-/m0/s1. The third-order valence-electron chi connectivity index (χ3n) is 6.07. The Morgan fingerprint density at radius 2 is 2.09 bits per heavy atom. The van der Waals surface area contributed by atoms with Gasteiger partial charge in [-0.3, -0.25) is 9.91 Å². The number of hydrogen-bond acceptors (Lipinski definition) is 8. The van der Waals surface area contributed by atoms with Crippen molar-refractivity contribution in [1.29, 1.82) is 0 Å². The number of ether oxygens (including phenoxy) is 2. The number of hydrazone groups is 1. The molecule has 0 radical (unpaired) electrons. The molecule has 1 aromatic carbocycles. The largest absolute Gasteiger partial charge is 0.442 e. The van der Waals surface area contributed by atoms with Crippen LogP contribution in [0, 0.1) is 5.82 Å². The lowest BCUT2D eigenvalue weighted by atomic mass is 10.1. The van der Waals surface area contributed by atoms with Crippen molar-refractivity contribution in [3.05, 3.63) is 35.8 Å². The molecule has 0 aliphatic carbocycles. The van der Waals surface area contributed by atoms with Gasteiger partial charge in [-0.1, -0.05) is 0 Å². The number of morpholine rings is 1. The average molecular weight is 462 g/mol.